The molecule has 7 nitrogen and oxygen atoms in total. The molecule has 0 spiro atoms. The Balaban J connectivity index is 0.000000320. The van der Waals surface area contributed by atoms with Gasteiger partial charge >= 0.3 is 0 Å². The molecule has 0 N–H and O–H groups in total. The number of thiophene rings is 1. The van der Waals surface area contributed by atoms with Crippen LogP contribution < -0.4 is 0 Å². The van der Waals surface area contributed by atoms with Gasteiger partial charge in [0.1, 0.15) is 6.67 Å². The van der Waals surface area contributed by atoms with E-state index in [4.69, 9.17) is 8.85 Å². The van der Waals surface area contributed by atoms with Crippen molar-refractivity contribution < 1.29 is 8.85 Å². The van der Waals surface area contributed by atoms with Crippen molar-refractivity contribution in [1.29, 1.82) is 0 Å². The maximum Gasteiger partial charge on any atom is 0.184 e. The van der Waals surface area contributed by atoms with Crippen LogP contribution in [0.3, 0.4) is 0 Å². The summed E-state index contributed by atoms with van der Waals surface area (Å²) in [5.41, 5.74) is 6.82. The van der Waals surface area contributed by atoms with Crippen LogP contribution in [0, 0.1) is 27.7 Å². The number of rotatable bonds is 12. The Kier molecular flexibility index (Phi) is 14.5. The quantitative estimate of drug-likeness (QED) is 0.250. The van der Waals surface area contributed by atoms with E-state index in [1.165, 1.54) is 37.8 Å². The molecular weight excluding hydrogens is 455 g/mol. The predicted molar refractivity (Wildman–Crippen MR) is 141 cm³/mol. The number of aryl methyl sites for hydroxylation is 4. The average Bonchev–Trinajstić information content (AvgIpc) is 3.21. The lowest BCUT2D eigenvalue weighted by molar-refractivity contribution is 0.441. The summed E-state index contributed by atoms with van der Waals surface area (Å²) < 4.78 is 12.3. The molecule has 0 aliphatic rings. The van der Waals surface area contributed by atoms with E-state index >= 15 is 0 Å². The van der Waals surface area contributed by atoms with Crippen molar-refractivity contribution in [3.8, 4) is 0 Å². The molecule has 0 saturated heterocycles. The molecule has 10 heteroatoms. The molecule has 0 aliphatic heterocycles. The van der Waals surface area contributed by atoms with Crippen molar-refractivity contribution in [2.24, 2.45) is 20.5 Å². The second kappa shape index (κ2) is 16.2. The third-order valence-corrected chi connectivity index (χ3v) is 8.04. The minimum Gasteiger partial charge on any atom is -0.425 e. The Morgan fingerprint density at radius 2 is 1.44 bits per heavy atom. The van der Waals surface area contributed by atoms with Gasteiger partial charge in [-0.05, 0) is 63.3 Å². The van der Waals surface area contributed by atoms with Crippen LogP contribution in [0.25, 0.3) is 0 Å². The maximum absolute atomic E-state index is 5.05. The predicted octanol–water partition coefficient (Wildman–Crippen LogP) is 4.33. The molecule has 2 aromatic rings. The van der Waals surface area contributed by atoms with E-state index in [0.29, 0.717) is 6.67 Å². The first kappa shape index (κ1) is 28.6. The number of nitrogens with zero attached hydrogens (tertiary/aromatic N) is 5. The van der Waals surface area contributed by atoms with E-state index in [0.717, 1.165) is 31.7 Å². The first-order valence-corrected chi connectivity index (χ1v) is 15.3. The highest BCUT2D eigenvalue weighted by molar-refractivity contribution is 7.12. The lowest BCUT2D eigenvalue weighted by Crippen LogP contribution is -2.02. The van der Waals surface area contributed by atoms with Crippen molar-refractivity contribution in [3.05, 3.63) is 43.9 Å². The van der Waals surface area contributed by atoms with Crippen molar-refractivity contribution in [1.82, 2.24) is 4.57 Å². The lowest BCUT2D eigenvalue weighted by Gasteiger charge is -2.05. The summed E-state index contributed by atoms with van der Waals surface area (Å²) in [7, 11) is 2.55. The fourth-order valence-electron chi connectivity index (χ4n) is 3.53. The molecule has 0 atom stereocenters. The molecule has 0 aromatic carbocycles. The smallest absolute Gasteiger partial charge is 0.184 e. The van der Waals surface area contributed by atoms with Crippen LogP contribution in [0.4, 0.5) is 0 Å². The molecule has 0 saturated carbocycles. The molecule has 0 aliphatic carbocycles. The topological polar surface area (TPSA) is 72.8 Å². The van der Waals surface area contributed by atoms with Gasteiger partial charge in [-0.15, -0.1) is 11.3 Å². The van der Waals surface area contributed by atoms with Crippen LogP contribution in [0.15, 0.2) is 26.5 Å². The lowest BCUT2D eigenvalue weighted by atomic mass is 10.1. The summed E-state index contributed by atoms with van der Waals surface area (Å²) in [4.78, 5) is 2.81. The first-order valence-electron chi connectivity index (χ1n) is 11.3. The van der Waals surface area contributed by atoms with Gasteiger partial charge in [-0.2, -0.15) is 20.5 Å². The van der Waals surface area contributed by atoms with E-state index in [2.05, 4.69) is 72.6 Å². The van der Waals surface area contributed by atoms with E-state index < -0.39 is 19.5 Å². The number of aromatic nitrogens is 1. The Labute approximate surface area is 202 Å². The SMILES string of the molecule is CCc1c(C)sc(C)c1CN=NC[SiH2]OC.CCc1cc(C)n(CN=NC[SiH2]OC)c1C. The van der Waals surface area contributed by atoms with Gasteiger partial charge in [-0.3, -0.25) is 0 Å². The molecule has 2 heterocycles. The fraction of sp³-hybridized carbons (Fsp3) is 0.636. The van der Waals surface area contributed by atoms with Gasteiger partial charge < -0.3 is 13.4 Å². The highest BCUT2D eigenvalue weighted by Crippen LogP contribution is 2.28. The highest BCUT2D eigenvalue weighted by Gasteiger charge is 2.10. The maximum atomic E-state index is 5.05. The zero-order valence-electron chi connectivity index (χ0n) is 21.2. The Morgan fingerprint density at radius 3 is 1.97 bits per heavy atom. The van der Waals surface area contributed by atoms with Gasteiger partial charge in [0.05, 0.1) is 18.9 Å². The Morgan fingerprint density at radius 1 is 0.844 bits per heavy atom. The Hall–Kier alpha value is -1.47. The molecule has 0 fully saturated rings. The molecule has 0 amide bonds. The molecule has 2 aromatic heterocycles. The van der Waals surface area contributed by atoms with Crippen LogP contribution in [-0.2, 0) is 34.9 Å². The third-order valence-electron chi connectivity index (χ3n) is 5.36. The summed E-state index contributed by atoms with van der Waals surface area (Å²) in [6.45, 7) is 14.4. The first-order chi connectivity index (χ1) is 15.4. The van der Waals surface area contributed by atoms with Crippen LogP contribution in [0.2, 0.25) is 0 Å². The monoisotopic (exact) mass is 495 g/mol. The number of azo groups is 2. The van der Waals surface area contributed by atoms with Crippen LogP contribution in [-0.4, -0.2) is 50.6 Å². The standard InChI is InChI=1S/C11H21N3OSi.C11H20N2OSSi/c1-5-11-6-9(2)14(10(11)3)7-12-13-8-16-15-4;1-5-10-8(2)15-9(3)11(10)6-12-13-7-16-14-4/h6H,5,7-8,16H2,1-4H3;5-7,16H2,1-4H3. The summed E-state index contributed by atoms with van der Waals surface area (Å²) in [5, 5.41) is 16.7. The molecular formula is C22H41N5O2SSi2. The van der Waals surface area contributed by atoms with Crippen molar-refractivity contribution in [3.63, 3.8) is 0 Å². The van der Waals surface area contributed by atoms with E-state index in [1.807, 2.05) is 11.3 Å². The molecule has 0 unspecified atom stereocenters. The van der Waals surface area contributed by atoms with Gasteiger partial charge in [0.25, 0.3) is 0 Å². The zero-order valence-corrected chi connectivity index (χ0v) is 24.8. The second-order valence-corrected chi connectivity index (χ2v) is 11.8. The summed E-state index contributed by atoms with van der Waals surface area (Å²) in [6, 6.07) is 2.23. The van der Waals surface area contributed by atoms with Gasteiger partial charge in [0.15, 0.2) is 19.5 Å². The molecule has 0 bridgehead atoms. The van der Waals surface area contributed by atoms with Gasteiger partial charge in [0.2, 0.25) is 0 Å². The number of hydrogen-bond acceptors (Lipinski definition) is 7. The normalized spacial score (nSPS) is 12.2. The van der Waals surface area contributed by atoms with Crippen molar-refractivity contribution in [2.75, 3.05) is 26.6 Å². The molecule has 32 heavy (non-hydrogen) atoms. The van der Waals surface area contributed by atoms with Crippen LogP contribution >= 0.6 is 11.3 Å². The average molecular weight is 496 g/mol. The minimum atomic E-state index is -0.467. The van der Waals surface area contributed by atoms with Crippen LogP contribution in [0.5, 0.6) is 0 Å². The van der Waals surface area contributed by atoms with Crippen molar-refractivity contribution >= 4 is 30.9 Å². The Bertz CT molecular complexity index is 865. The third kappa shape index (κ3) is 9.18. The van der Waals surface area contributed by atoms with Crippen molar-refractivity contribution in [2.45, 2.75) is 67.6 Å². The van der Waals surface area contributed by atoms with Crippen LogP contribution in [0.1, 0.15) is 51.7 Å². The summed E-state index contributed by atoms with van der Waals surface area (Å²) in [6.07, 6.45) is 3.73. The second-order valence-electron chi connectivity index (χ2n) is 7.50. The fourth-order valence-corrected chi connectivity index (χ4v) is 5.50. The molecule has 180 valence electrons. The van der Waals surface area contributed by atoms with Gasteiger partial charge in [0, 0.05) is 35.4 Å². The summed E-state index contributed by atoms with van der Waals surface area (Å²) >= 11 is 1.87. The molecule has 0 radical (unpaired) electrons. The summed E-state index contributed by atoms with van der Waals surface area (Å²) in [5.74, 6) is 0. The largest absolute Gasteiger partial charge is 0.425 e. The number of hydrogen-bond donors (Lipinski definition) is 0. The van der Waals surface area contributed by atoms with E-state index in [9.17, 15) is 0 Å². The van der Waals surface area contributed by atoms with Gasteiger partial charge in [-0.25, -0.2) is 0 Å². The molecule has 2 rings (SSSR count). The van der Waals surface area contributed by atoms with E-state index in [1.54, 1.807) is 14.2 Å². The highest BCUT2D eigenvalue weighted by atomic mass is 32.1. The minimum absolute atomic E-state index is 0.456. The van der Waals surface area contributed by atoms with Gasteiger partial charge in [-0.1, -0.05) is 13.8 Å². The van der Waals surface area contributed by atoms with E-state index in [-0.39, 0.29) is 0 Å². The zero-order chi connectivity index (χ0) is 23.9.